The molecule has 2 rings (SSSR count). The third-order valence-electron chi connectivity index (χ3n) is 2.72. The maximum atomic E-state index is 11.0. The van der Waals surface area contributed by atoms with Crippen molar-refractivity contribution in [1.82, 2.24) is 9.78 Å². The molecule has 1 N–H and O–H groups in total. The number of carboxylic acids is 1. The summed E-state index contributed by atoms with van der Waals surface area (Å²) >= 11 is 5.85. The predicted octanol–water partition coefficient (Wildman–Crippen LogP) is 2.22. The fourth-order valence-corrected chi connectivity index (χ4v) is 1.83. The Kier molecular flexibility index (Phi) is 3.91. The van der Waals surface area contributed by atoms with Gasteiger partial charge >= 0.3 is 5.97 Å². The maximum absolute atomic E-state index is 11.0. The van der Waals surface area contributed by atoms with Gasteiger partial charge in [-0.15, -0.1) is 0 Å². The summed E-state index contributed by atoms with van der Waals surface area (Å²) in [5, 5.41) is 22.3. The van der Waals surface area contributed by atoms with Crippen LogP contribution in [0.1, 0.15) is 21.6 Å². The Morgan fingerprint density at radius 2 is 2.35 bits per heavy atom. The molecule has 0 atom stereocenters. The van der Waals surface area contributed by atoms with Gasteiger partial charge in [0.25, 0.3) is 0 Å². The number of nitrogens with zero attached hydrogens (tertiary/aromatic N) is 3. The Hall–Kier alpha value is -2.52. The molecule has 0 radical (unpaired) electrons. The van der Waals surface area contributed by atoms with Crippen molar-refractivity contribution in [2.75, 3.05) is 0 Å². The van der Waals surface area contributed by atoms with Crippen LogP contribution in [-0.2, 0) is 13.7 Å². The van der Waals surface area contributed by atoms with Crippen molar-refractivity contribution in [1.29, 1.82) is 5.26 Å². The highest BCUT2D eigenvalue weighted by Gasteiger charge is 2.16. The summed E-state index contributed by atoms with van der Waals surface area (Å²) in [5.74, 6) is -0.777. The van der Waals surface area contributed by atoms with Crippen LogP contribution < -0.4 is 4.74 Å². The van der Waals surface area contributed by atoms with Gasteiger partial charge in [-0.25, -0.2) is 4.79 Å². The third kappa shape index (κ3) is 2.73. The van der Waals surface area contributed by atoms with Crippen LogP contribution in [0.2, 0.25) is 5.02 Å². The quantitative estimate of drug-likeness (QED) is 0.933. The Balaban J connectivity index is 2.26. The smallest absolute Gasteiger partial charge is 0.339 e. The van der Waals surface area contributed by atoms with Crippen LogP contribution in [0.4, 0.5) is 0 Å². The lowest BCUT2D eigenvalue weighted by molar-refractivity contribution is 0.0693. The number of aromatic carboxylic acids is 1. The number of hydrogen-bond donors (Lipinski definition) is 1. The van der Waals surface area contributed by atoms with E-state index in [4.69, 9.17) is 26.7 Å². The van der Waals surface area contributed by atoms with E-state index in [9.17, 15) is 4.79 Å². The summed E-state index contributed by atoms with van der Waals surface area (Å²) in [6.07, 6.45) is 1.25. The third-order valence-corrected chi connectivity index (χ3v) is 2.96. The topological polar surface area (TPSA) is 88.1 Å². The number of halogens is 1. The highest BCUT2D eigenvalue weighted by molar-refractivity contribution is 6.30. The molecule has 1 heterocycles. The van der Waals surface area contributed by atoms with Gasteiger partial charge in [-0.2, -0.15) is 10.4 Å². The molecule has 0 fully saturated rings. The van der Waals surface area contributed by atoms with Crippen molar-refractivity contribution in [3.05, 3.63) is 46.2 Å². The van der Waals surface area contributed by atoms with E-state index in [0.717, 1.165) is 0 Å². The molecule has 0 bridgehead atoms. The minimum Gasteiger partial charge on any atom is -0.486 e. The van der Waals surface area contributed by atoms with E-state index in [-0.39, 0.29) is 12.2 Å². The van der Waals surface area contributed by atoms with Gasteiger partial charge < -0.3 is 9.84 Å². The predicted molar refractivity (Wildman–Crippen MR) is 70.7 cm³/mol. The number of nitriles is 1. The van der Waals surface area contributed by atoms with E-state index in [1.807, 2.05) is 6.07 Å². The van der Waals surface area contributed by atoms with Crippen molar-refractivity contribution in [2.24, 2.45) is 7.05 Å². The monoisotopic (exact) mass is 291 g/mol. The van der Waals surface area contributed by atoms with Gasteiger partial charge in [-0.05, 0) is 12.1 Å². The summed E-state index contributed by atoms with van der Waals surface area (Å²) in [5.41, 5.74) is 0.794. The first-order valence-corrected chi connectivity index (χ1v) is 5.97. The number of aryl methyl sites for hydroxylation is 1. The molecule has 0 spiro atoms. The minimum atomic E-state index is -1.08. The SMILES string of the molecule is Cn1ncc(C(=O)O)c1COc1cc(Cl)ccc1C#N. The van der Waals surface area contributed by atoms with Crippen molar-refractivity contribution in [3.63, 3.8) is 0 Å². The standard InChI is InChI=1S/C13H10ClN3O3/c1-17-11(10(6-16-17)13(18)19)7-20-12-4-9(14)3-2-8(12)5-15/h2-4,6H,7H2,1H3,(H,18,19). The van der Waals surface area contributed by atoms with Gasteiger partial charge in [0.05, 0.1) is 17.5 Å². The first-order chi connectivity index (χ1) is 9.52. The molecular weight excluding hydrogens is 282 g/mol. The average molecular weight is 292 g/mol. The maximum Gasteiger partial charge on any atom is 0.339 e. The lowest BCUT2D eigenvalue weighted by Crippen LogP contribution is -2.09. The molecule has 2 aromatic rings. The van der Waals surface area contributed by atoms with E-state index in [1.54, 1.807) is 19.2 Å². The van der Waals surface area contributed by atoms with E-state index in [0.29, 0.717) is 22.0 Å². The molecule has 1 aromatic carbocycles. The van der Waals surface area contributed by atoms with Crippen LogP contribution in [0.15, 0.2) is 24.4 Å². The second-order valence-electron chi connectivity index (χ2n) is 3.97. The summed E-state index contributed by atoms with van der Waals surface area (Å²) < 4.78 is 6.91. The molecule has 7 heteroatoms. The molecule has 0 unspecified atom stereocenters. The summed E-state index contributed by atoms with van der Waals surface area (Å²) in [6, 6.07) is 6.62. The largest absolute Gasteiger partial charge is 0.486 e. The molecule has 0 amide bonds. The van der Waals surface area contributed by atoms with E-state index in [1.165, 1.54) is 16.9 Å². The molecule has 0 saturated heterocycles. The van der Waals surface area contributed by atoms with Gasteiger partial charge in [0, 0.05) is 18.1 Å². The Bertz CT molecular complexity index is 703. The fraction of sp³-hybridized carbons (Fsp3) is 0.154. The lowest BCUT2D eigenvalue weighted by atomic mass is 10.2. The number of ether oxygens (including phenoxy) is 1. The summed E-state index contributed by atoms with van der Waals surface area (Å²) in [4.78, 5) is 11.0. The number of carbonyl (C=O) groups is 1. The van der Waals surface area contributed by atoms with Gasteiger partial charge in [-0.3, -0.25) is 4.68 Å². The molecule has 0 aliphatic carbocycles. The van der Waals surface area contributed by atoms with E-state index < -0.39 is 5.97 Å². The normalized spacial score (nSPS) is 10.1. The lowest BCUT2D eigenvalue weighted by Gasteiger charge is -2.09. The Morgan fingerprint density at radius 3 is 3.00 bits per heavy atom. The van der Waals surface area contributed by atoms with Crippen LogP contribution in [0.3, 0.4) is 0 Å². The van der Waals surface area contributed by atoms with Crippen molar-refractivity contribution >= 4 is 17.6 Å². The van der Waals surface area contributed by atoms with Gasteiger partial charge in [0.1, 0.15) is 24.0 Å². The van der Waals surface area contributed by atoms with Crippen LogP contribution in [0.25, 0.3) is 0 Å². The minimum absolute atomic E-state index is 0.0207. The molecule has 102 valence electrons. The zero-order chi connectivity index (χ0) is 14.7. The van der Waals surface area contributed by atoms with Crippen molar-refractivity contribution in [2.45, 2.75) is 6.61 Å². The fourth-order valence-electron chi connectivity index (χ4n) is 1.67. The zero-order valence-corrected chi connectivity index (χ0v) is 11.3. The van der Waals surface area contributed by atoms with E-state index >= 15 is 0 Å². The highest BCUT2D eigenvalue weighted by atomic mass is 35.5. The number of rotatable bonds is 4. The molecule has 0 aliphatic heterocycles. The van der Waals surface area contributed by atoms with Gasteiger partial charge in [0.2, 0.25) is 0 Å². The molecule has 20 heavy (non-hydrogen) atoms. The first-order valence-electron chi connectivity index (χ1n) is 5.59. The Morgan fingerprint density at radius 1 is 1.60 bits per heavy atom. The van der Waals surface area contributed by atoms with Gasteiger partial charge in [0.15, 0.2) is 0 Å². The summed E-state index contributed by atoms with van der Waals surface area (Å²) in [7, 11) is 1.62. The molecular formula is C13H10ClN3O3. The van der Waals surface area contributed by atoms with E-state index in [2.05, 4.69) is 5.10 Å². The van der Waals surface area contributed by atoms with Crippen LogP contribution in [0, 0.1) is 11.3 Å². The number of carboxylic acid groups (broad SMARTS) is 1. The number of hydrogen-bond acceptors (Lipinski definition) is 4. The number of benzene rings is 1. The molecule has 6 nitrogen and oxygen atoms in total. The second-order valence-corrected chi connectivity index (χ2v) is 4.41. The first kappa shape index (κ1) is 13.9. The van der Waals surface area contributed by atoms with Crippen LogP contribution >= 0.6 is 11.6 Å². The zero-order valence-electron chi connectivity index (χ0n) is 10.5. The number of aromatic nitrogens is 2. The van der Waals surface area contributed by atoms with Crippen LogP contribution in [0.5, 0.6) is 5.75 Å². The van der Waals surface area contributed by atoms with Crippen molar-refractivity contribution < 1.29 is 14.6 Å². The molecule has 0 saturated carbocycles. The Labute approximate surface area is 119 Å². The highest BCUT2D eigenvalue weighted by Crippen LogP contribution is 2.24. The molecule has 0 aliphatic rings. The summed E-state index contributed by atoms with van der Waals surface area (Å²) in [6.45, 7) is -0.0207. The van der Waals surface area contributed by atoms with Crippen LogP contribution in [-0.4, -0.2) is 20.9 Å². The second kappa shape index (κ2) is 5.63. The molecule has 1 aromatic heterocycles. The van der Waals surface area contributed by atoms with Gasteiger partial charge in [-0.1, -0.05) is 11.6 Å². The van der Waals surface area contributed by atoms with Crippen molar-refractivity contribution in [3.8, 4) is 11.8 Å². The average Bonchev–Trinajstić information content (AvgIpc) is 2.78.